The van der Waals surface area contributed by atoms with Gasteiger partial charge in [-0.3, -0.25) is 0 Å². The molecular weight excluding hydrogens is 266 g/mol. The maximum atomic E-state index is 5.33. The van der Waals surface area contributed by atoms with Crippen molar-refractivity contribution >= 4 is 12.2 Å². The molecule has 112 valence electrons. The van der Waals surface area contributed by atoms with Gasteiger partial charge in [0.15, 0.2) is 5.82 Å². The van der Waals surface area contributed by atoms with Crippen LogP contribution in [0.2, 0.25) is 0 Å². The van der Waals surface area contributed by atoms with Gasteiger partial charge in [-0.05, 0) is 39.1 Å². The van der Waals surface area contributed by atoms with Crippen LogP contribution in [0.15, 0.2) is 22.7 Å². The first-order valence-electron chi connectivity index (χ1n) is 6.95. The molecule has 1 aromatic heterocycles. The van der Waals surface area contributed by atoms with Crippen LogP contribution in [-0.2, 0) is 6.42 Å². The second-order valence-electron chi connectivity index (χ2n) is 5.02. The number of likely N-dealkylation sites (N-methyl/N-ethyl adjacent to an activating group) is 1. The molecule has 1 aromatic carbocycles. The lowest BCUT2D eigenvalue weighted by molar-refractivity contribution is 0.400. The van der Waals surface area contributed by atoms with Gasteiger partial charge in [-0.25, -0.2) is 0 Å². The van der Waals surface area contributed by atoms with Gasteiger partial charge in [-0.2, -0.15) is 4.98 Å². The number of aryl methyl sites for hydroxylation is 1. The molecule has 1 atom stereocenters. The quantitative estimate of drug-likeness (QED) is 0.885. The number of rotatable bonds is 6. The van der Waals surface area contributed by atoms with Crippen LogP contribution in [0.4, 0.5) is 0 Å². The molecule has 21 heavy (non-hydrogen) atoms. The highest BCUT2D eigenvalue weighted by Crippen LogP contribution is 2.21. The smallest absolute Gasteiger partial charge is 0.250 e. The zero-order valence-corrected chi connectivity index (χ0v) is 12.9. The summed E-state index contributed by atoms with van der Waals surface area (Å²) in [6.45, 7) is 4.12. The zero-order chi connectivity index (χ0) is 15.2. The number of hydrogen-bond donors (Lipinski definition) is 1. The van der Waals surface area contributed by atoms with E-state index >= 15 is 0 Å². The van der Waals surface area contributed by atoms with Crippen LogP contribution < -0.4 is 10.1 Å². The van der Waals surface area contributed by atoms with Crippen LogP contribution in [0.5, 0.6) is 5.75 Å². The molecule has 1 N–H and O–H groups in total. The van der Waals surface area contributed by atoms with Gasteiger partial charge in [0.25, 0.3) is 5.89 Å². The van der Waals surface area contributed by atoms with E-state index in [4.69, 9.17) is 9.26 Å². The summed E-state index contributed by atoms with van der Waals surface area (Å²) in [6.07, 6.45) is 4.46. The summed E-state index contributed by atoms with van der Waals surface area (Å²) in [7, 11) is 3.57. The fourth-order valence-corrected chi connectivity index (χ4v) is 1.94. The standard InChI is InChI=1S/C16H21N3O2/c1-11-5-7-14(20-4)13(9-11)6-8-16-18-15(19-21-16)10-12(2)17-3/h5-9,12,17H,10H2,1-4H3/b8-6+. The summed E-state index contributed by atoms with van der Waals surface area (Å²) >= 11 is 0. The fraction of sp³-hybridized carbons (Fsp3) is 0.375. The number of ether oxygens (including phenoxy) is 1. The van der Waals surface area contributed by atoms with Crippen LogP contribution in [0.1, 0.15) is 29.8 Å². The Hall–Kier alpha value is -2.14. The number of methoxy groups -OCH3 is 1. The van der Waals surface area contributed by atoms with Crippen molar-refractivity contribution in [1.29, 1.82) is 0 Å². The van der Waals surface area contributed by atoms with Crippen LogP contribution in [0.3, 0.4) is 0 Å². The van der Waals surface area contributed by atoms with Gasteiger partial charge in [0.05, 0.1) is 7.11 Å². The minimum Gasteiger partial charge on any atom is -0.496 e. The molecule has 1 unspecified atom stereocenters. The van der Waals surface area contributed by atoms with Gasteiger partial charge in [-0.1, -0.05) is 16.8 Å². The van der Waals surface area contributed by atoms with Crippen LogP contribution >= 0.6 is 0 Å². The Morgan fingerprint density at radius 1 is 1.38 bits per heavy atom. The minimum absolute atomic E-state index is 0.316. The van der Waals surface area contributed by atoms with Gasteiger partial charge >= 0.3 is 0 Å². The minimum atomic E-state index is 0.316. The molecule has 2 rings (SSSR count). The number of nitrogens with one attached hydrogen (secondary N) is 1. The Morgan fingerprint density at radius 3 is 2.90 bits per heavy atom. The molecule has 2 aromatic rings. The number of hydrogen-bond acceptors (Lipinski definition) is 5. The van der Waals surface area contributed by atoms with Crippen LogP contribution in [-0.4, -0.2) is 30.3 Å². The van der Waals surface area contributed by atoms with Crippen LogP contribution in [0.25, 0.3) is 12.2 Å². The van der Waals surface area contributed by atoms with Gasteiger partial charge < -0.3 is 14.6 Å². The van der Waals surface area contributed by atoms with E-state index in [-0.39, 0.29) is 0 Å². The van der Waals surface area contributed by atoms with Crippen molar-refractivity contribution in [2.45, 2.75) is 26.3 Å². The normalized spacial score (nSPS) is 12.8. The summed E-state index contributed by atoms with van der Waals surface area (Å²) < 4.78 is 10.6. The van der Waals surface area contributed by atoms with E-state index in [1.807, 2.05) is 32.2 Å². The summed E-state index contributed by atoms with van der Waals surface area (Å²) in [5.74, 6) is 2.02. The van der Waals surface area contributed by atoms with Gasteiger partial charge in [0.1, 0.15) is 5.75 Å². The molecule has 0 aliphatic carbocycles. The average Bonchev–Trinajstić information content (AvgIpc) is 2.92. The van der Waals surface area contributed by atoms with E-state index in [0.29, 0.717) is 17.8 Å². The SMILES string of the molecule is CNC(C)Cc1noc(/C=C/c2cc(C)ccc2OC)n1. The molecule has 5 nitrogen and oxygen atoms in total. The molecule has 0 fully saturated rings. The summed E-state index contributed by atoms with van der Waals surface area (Å²) in [5.41, 5.74) is 2.16. The highest BCUT2D eigenvalue weighted by atomic mass is 16.5. The van der Waals surface area contributed by atoms with Crippen molar-refractivity contribution in [3.8, 4) is 5.75 Å². The maximum Gasteiger partial charge on any atom is 0.250 e. The molecule has 0 spiro atoms. The van der Waals surface area contributed by atoms with Gasteiger partial charge in [0, 0.05) is 24.1 Å². The second kappa shape index (κ2) is 7.04. The molecule has 0 bridgehead atoms. The lowest BCUT2D eigenvalue weighted by Crippen LogP contribution is -2.24. The highest BCUT2D eigenvalue weighted by Gasteiger charge is 2.07. The monoisotopic (exact) mass is 287 g/mol. The molecular formula is C16H21N3O2. The molecule has 0 radical (unpaired) electrons. The Kier molecular flexibility index (Phi) is 5.11. The topological polar surface area (TPSA) is 60.2 Å². The van der Waals surface area contributed by atoms with Gasteiger partial charge in [0.2, 0.25) is 0 Å². The lowest BCUT2D eigenvalue weighted by Gasteiger charge is -2.05. The Labute approximate surface area is 125 Å². The van der Waals surface area contributed by atoms with Crippen molar-refractivity contribution in [1.82, 2.24) is 15.5 Å². The van der Waals surface area contributed by atoms with E-state index < -0.39 is 0 Å². The molecule has 5 heteroatoms. The Balaban J connectivity index is 2.13. The summed E-state index contributed by atoms with van der Waals surface area (Å²) in [4.78, 5) is 4.35. The number of nitrogens with zero attached hydrogens (tertiary/aromatic N) is 2. The molecule has 0 saturated heterocycles. The first-order chi connectivity index (χ1) is 10.1. The molecule has 0 amide bonds. The number of aromatic nitrogens is 2. The predicted octanol–water partition coefficient (Wildman–Crippen LogP) is 2.71. The highest BCUT2D eigenvalue weighted by molar-refractivity contribution is 5.70. The zero-order valence-electron chi connectivity index (χ0n) is 12.9. The Bertz CT molecular complexity index is 620. The van der Waals surface area contributed by atoms with E-state index in [9.17, 15) is 0 Å². The summed E-state index contributed by atoms with van der Waals surface area (Å²) in [5, 5.41) is 7.11. The van der Waals surface area contributed by atoms with Gasteiger partial charge in [-0.15, -0.1) is 0 Å². The van der Waals surface area contributed by atoms with E-state index in [2.05, 4.69) is 28.4 Å². The predicted molar refractivity (Wildman–Crippen MR) is 83.2 cm³/mol. The molecule has 0 aliphatic rings. The third kappa shape index (κ3) is 4.16. The summed E-state index contributed by atoms with van der Waals surface area (Å²) in [6, 6.07) is 6.33. The van der Waals surface area contributed by atoms with Crippen molar-refractivity contribution in [3.05, 3.63) is 41.0 Å². The molecule has 0 aliphatic heterocycles. The average molecular weight is 287 g/mol. The third-order valence-corrected chi connectivity index (χ3v) is 3.26. The first-order valence-corrected chi connectivity index (χ1v) is 6.95. The second-order valence-corrected chi connectivity index (χ2v) is 5.02. The van der Waals surface area contributed by atoms with Crippen molar-refractivity contribution < 1.29 is 9.26 Å². The van der Waals surface area contributed by atoms with Crippen molar-refractivity contribution in [3.63, 3.8) is 0 Å². The van der Waals surface area contributed by atoms with E-state index in [1.165, 1.54) is 5.56 Å². The van der Waals surface area contributed by atoms with E-state index in [1.54, 1.807) is 13.2 Å². The lowest BCUT2D eigenvalue weighted by atomic mass is 10.1. The maximum absolute atomic E-state index is 5.33. The van der Waals surface area contributed by atoms with Crippen LogP contribution in [0, 0.1) is 6.92 Å². The largest absolute Gasteiger partial charge is 0.496 e. The molecule has 0 saturated carbocycles. The van der Waals surface area contributed by atoms with E-state index in [0.717, 1.165) is 17.7 Å². The first kappa shape index (κ1) is 15.3. The van der Waals surface area contributed by atoms with Crippen molar-refractivity contribution in [2.75, 3.05) is 14.2 Å². The number of benzene rings is 1. The molecule has 1 heterocycles. The third-order valence-electron chi connectivity index (χ3n) is 3.26. The van der Waals surface area contributed by atoms with Crippen molar-refractivity contribution in [2.24, 2.45) is 0 Å². The Morgan fingerprint density at radius 2 is 2.19 bits per heavy atom. The fourth-order valence-electron chi connectivity index (χ4n) is 1.94.